The average molecular weight is 263 g/mol. The normalized spacial score (nSPS) is 15.4. The summed E-state index contributed by atoms with van der Waals surface area (Å²) in [5.41, 5.74) is 0.492. The molecule has 1 aromatic carbocycles. The van der Waals surface area contributed by atoms with Gasteiger partial charge in [0.1, 0.15) is 11.3 Å². The number of carbonyl (C=O) groups is 1. The van der Waals surface area contributed by atoms with Crippen LogP contribution in [0.1, 0.15) is 29.6 Å². The van der Waals surface area contributed by atoms with Gasteiger partial charge in [0, 0.05) is 6.54 Å². The summed E-state index contributed by atoms with van der Waals surface area (Å²) in [5.74, 6) is 0.255. The molecule has 1 aliphatic heterocycles. The maximum absolute atomic E-state index is 11.6. The summed E-state index contributed by atoms with van der Waals surface area (Å²) in [7, 11) is 1.38. The van der Waals surface area contributed by atoms with Gasteiger partial charge in [-0.05, 0) is 44.5 Å². The van der Waals surface area contributed by atoms with Gasteiger partial charge in [-0.1, -0.05) is 12.1 Å². The molecule has 0 unspecified atom stereocenters. The van der Waals surface area contributed by atoms with E-state index in [4.69, 9.17) is 9.47 Å². The van der Waals surface area contributed by atoms with Crippen LogP contribution in [0.25, 0.3) is 0 Å². The Morgan fingerprint density at radius 1 is 1.26 bits per heavy atom. The molecule has 0 radical (unpaired) electrons. The molecule has 0 saturated carbocycles. The molecular weight excluding hydrogens is 242 g/mol. The maximum Gasteiger partial charge on any atom is 0.341 e. The van der Waals surface area contributed by atoms with Crippen molar-refractivity contribution in [1.29, 1.82) is 0 Å². The van der Waals surface area contributed by atoms with Crippen LogP contribution in [-0.2, 0) is 4.74 Å². The Balaban J connectivity index is 1.80. The predicted molar refractivity (Wildman–Crippen MR) is 73.6 cm³/mol. The number of hydrogen-bond acceptors (Lipinski definition) is 4. The number of benzene rings is 1. The van der Waals surface area contributed by atoms with E-state index in [2.05, 4.69) is 4.90 Å². The maximum atomic E-state index is 11.6. The van der Waals surface area contributed by atoms with Gasteiger partial charge in [0.25, 0.3) is 0 Å². The molecule has 0 bridgehead atoms. The smallest absolute Gasteiger partial charge is 0.341 e. The molecule has 19 heavy (non-hydrogen) atoms. The van der Waals surface area contributed by atoms with E-state index in [-0.39, 0.29) is 5.97 Å². The van der Waals surface area contributed by atoms with E-state index >= 15 is 0 Å². The molecule has 104 valence electrons. The van der Waals surface area contributed by atoms with Crippen LogP contribution in [0.4, 0.5) is 0 Å². The fourth-order valence-corrected chi connectivity index (χ4v) is 2.35. The van der Waals surface area contributed by atoms with E-state index in [1.165, 1.54) is 33.0 Å². The fourth-order valence-electron chi connectivity index (χ4n) is 2.35. The van der Waals surface area contributed by atoms with Crippen LogP contribution in [-0.4, -0.2) is 44.2 Å². The first-order valence-corrected chi connectivity index (χ1v) is 6.84. The molecule has 0 amide bonds. The van der Waals surface area contributed by atoms with E-state index in [9.17, 15) is 4.79 Å². The number of methoxy groups -OCH3 is 1. The Kier molecular flexibility index (Phi) is 5.21. The Hall–Kier alpha value is -1.55. The van der Waals surface area contributed by atoms with Crippen LogP contribution in [0.15, 0.2) is 24.3 Å². The largest absolute Gasteiger partial charge is 0.493 e. The minimum Gasteiger partial charge on any atom is -0.493 e. The molecule has 1 fully saturated rings. The Morgan fingerprint density at radius 3 is 2.74 bits per heavy atom. The molecule has 1 heterocycles. The second-order valence-corrected chi connectivity index (χ2v) is 4.74. The molecule has 0 aliphatic carbocycles. The third kappa shape index (κ3) is 3.96. The van der Waals surface area contributed by atoms with Crippen LogP contribution >= 0.6 is 0 Å². The van der Waals surface area contributed by atoms with E-state index in [0.717, 1.165) is 13.0 Å². The molecule has 0 atom stereocenters. The first-order valence-electron chi connectivity index (χ1n) is 6.84. The van der Waals surface area contributed by atoms with Crippen molar-refractivity contribution >= 4 is 5.97 Å². The first kappa shape index (κ1) is 13.9. The standard InChI is InChI=1S/C15H21NO3/c1-18-15(17)13-7-2-3-8-14(13)19-12-6-11-16-9-4-5-10-16/h2-3,7-8H,4-6,9-12H2,1H3. The van der Waals surface area contributed by atoms with Gasteiger partial charge in [-0.25, -0.2) is 4.79 Å². The fraction of sp³-hybridized carbons (Fsp3) is 0.533. The van der Waals surface area contributed by atoms with E-state index in [1.807, 2.05) is 18.2 Å². The van der Waals surface area contributed by atoms with Crippen LogP contribution in [0.5, 0.6) is 5.75 Å². The molecule has 4 heteroatoms. The summed E-state index contributed by atoms with van der Waals surface area (Å²) in [6, 6.07) is 7.20. The average Bonchev–Trinajstić information content (AvgIpc) is 2.96. The molecule has 1 aliphatic rings. The third-order valence-corrected chi connectivity index (χ3v) is 3.37. The molecule has 2 rings (SSSR count). The van der Waals surface area contributed by atoms with E-state index in [0.29, 0.717) is 17.9 Å². The lowest BCUT2D eigenvalue weighted by Crippen LogP contribution is -2.22. The summed E-state index contributed by atoms with van der Waals surface area (Å²) in [4.78, 5) is 14.0. The minimum absolute atomic E-state index is 0.352. The first-order chi connectivity index (χ1) is 9.31. The van der Waals surface area contributed by atoms with Crippen LogP contribution in [0.3, 0.4) is 0 Å². The summed E-state index contributed by atoms with van der Waals surface area (Å²) >= 11 is 0. The number of likely N-dealkylation sites (tertiary alicyclic amines) is 1. The van der Waals surface area contributed by atoms with Gasteiger partial charge in [0.05, 0.1) is 13.7 Å². The highest BCUT2D eigenvalue weighted by atomic mass is 16.5. The number of para-hydroxylation sites is 1. The van der Waals surface area contributed by atoms with Crippen molar-refractivity contribution in [3.05, 3.63) is 29.8 Å². The molecule has 1 saturated heterocycles. The van der Waals surface area contributed by atoms with Gasteiger partial charge < -0.3 is 14.4 Å². The number of rotatable bonds is 6. The number of ether oxygens (including phenoxy) is 2. The summed E-state index contributed by atoms with van der Waals surface area (Å²) in [6.07, 6.45) is 3.60. The Labute approximate surface area is 114 Å². The van der Waals surface area contributed by atoms with Gasteiger partial charge in [-0.15, -0.1) is 0 Å². The van der Waals surface area contributed by atoms with Crippen LogP contribution in [0.2, 0.25) is 0 Å². The van der Waals surface area contributed by atoms with Gasteiger partial charge in [0.15, 0.2) is 0 Å². The summed E-state index contributed by atoms with van der Waals surface area (Å²) in [6.45, 7) is 4.11. The molecule has 4 nitrogen and oxygen atoms in total. The van der Waals surface area contributed by atoms with Gasteiger partial charge in [0.2, 0.25) is 0 Å². The van der Waals surface area contributed by atoms with E-state index in [1.54, 1.807) is 6.07 Å². The highest BCUT2D eigenvalue weighted by molar-refractivity contribution is 5.92. The highest BCUT2D eigenvalue weighted by Crippen LogP contribution is 2.19. The van der Waals surface area contributed by atoms with Crippen molar-refractivity contribution in [2.45, 2.75) is 19.3 Å². The number of hydrogen-bond donors (Lipinski definition) is 0. The zero-order valence-corrected chi connectivity index (χ0v) is 11.4. The number of esters is 1. The zero-order chi connectivity index (χ0) is 13.5. The Bertz CT molecular complexity index is 414. The number of carbonyl (C=O) groups excluding carboxylic acids is 1. The summed E-state index contributed by atoms with van der Waals surface area (Å²) in [5, 5.41) is 0. The Morgan fingerprint density at radius 2 is 2.00 bits per heavy atom. The lowest BCUT2D eigenvalue weighted by Gasteiger charge is -2.15. The monoisotopic (exact) mass is 263 g/mol. The molecule has 0 aromatic heterocycles. The second kappa shape index (κ2) is 7.14. The van der Waals surface area contributed by atoms with Crippen molar-refractivity contribution in [2.75, 3.05) is 33.4 Å². The minimum atomic E-state index is -0.352. The van der Waals surface area contributed by atoms with Crippen LogP contribution < -0.4 is 4.74 Å². The van der Waals surface area contributed by atoms with Gasteiger partial charge >= 0.3 is 5.97 Å². The lowest BCUT2D eigenvalue weighted by atomic mass is 10.2. The lowest BCUT2D eigenvalue weighted by molar-refractivity contribution is 0.0596. The molecule has 0 spiro atoms. The van der Waals surface area contributed by atoms with Crippen molar-refractivity contribution in [2.24, 2.45) is 0 Å². The third-order valence-electron chi connectivity index (χ3n) is 3.37. The SMILES string of the molecule is COC(=O)c1ccccc1OCCCN1CCCC1. The van der Waals surface area contributed by atoms with Crippen molar-refractivity contribution in [3.8, 4) is 5.75 Å². The topological polar surface area (TPSA) is 38.8 Å². The molecular formula is C15H21NO3. The zero-order valence-electron chi connectivity index (χ0n) is 11.4. The van der Waals surface area contributed by atoms with E-state index < -0.39 is 0 Å². The quantitative estimate of drug-likeness (QED) is 0.583. The van der Waals surface area contributed by atoms with Crippen molar-refractivity contribution in [3.63, 3.8) is 0 Å². The second-order valence-electron chi connectivity index (χ2n) is 4.74. The van der Waals surface area contributed by atoms with Crippen molar-refractivity contribution < 1.29 is 14.3 Å². The predicted octanol–water partition coefficient (Wildman–Crippen LogP) is 2.34. The highest BCUT2D eigenvalue weighted by Gasteiger charge is 2.13. The van der Waals surface area contributed by atoms with Crippen molar-refractivity contribution in [1.82, 2.24) is 4.90 Å². The van der Waals surface area contributed by atoms with Gasteiger partial charge in [-0.2, -0.15) is 0 Å². The number of nitrogens with zero attached hydrogens (tertiary/aromatic N) is 1. The summed E-state index contributed by atoms with van der Waals surface area (Å²) < 4.78 is 10.4. The molecule has 1 aromatic rings. The van der Waals surface area contributed by atoms with Crippen LogP contribution in [0, 0.1) is 0 Å². The molecule has 0 N–H and O–H groups in total. The van der Waals surface area contributed by atoms with Gasteiger partial charge in [-0.3, -0.25) is 0 Å².